The summed E-state index contributed by atoms with van der Waals surface area (Å²) in [5.41, 5.74) is 2.47. The number of ether oxygens (including phenoxy) is 1. The summed E-state index contributed by atoms with van der Waals surface area (Å²) in [7, 11) is 0. The molecule has 3 rings (SSSR count). The second-order valence-corrected chi connectivity index (χ2v) is 6.73. The van der Waals surface area contributed by atoms with Gasteiger partial charge in [0.25, 0.3) is 0 Å². The number of halogens is 4. The van der Waals surface area contributed by atoms with Crippen molar-refractivity contribution in [3.05, 3.63) is 59.8 Å². The average molecular weight is 365 g/mol. The minimum absolute atomic E-state index is 0.517. The van der Waals surface area contributed by atoms with Crippen LogP contribution in [0.25, 0.3) is 11.1 Å². The standard InChI is InChI=1S/C21H21F4O/c1-2-14-3-5-15(6-4-14)16-7-9-17(10-8-16)18-11-12-20(19(22)13-18)26-21(23,24)25/h7-14H,2-6H2,1H3. The first kappa shape index (κ1) is 18.7. The van der Waals surface area contributed by atoms with E-state index in [1.54, 1.807) is 0 Å². The predicted octanol–water partition coefficient (Wildman–Crippen LogP) is 6.91. The first-order chi connectivity index (χ1) is 12.4. The first-order valence-corrected chi connectivity index (χ1v) is 8.86. The fourth-order valence-corrected chi connectivity index (χ4v) is 3.51. The van der Waals surface area contributed by atoms with Gasteiger partial charge in [0.15, 0.2) is 11.6 Å². The Labute approximate surface area is 151 Å². The van der Waals surface area contributed by atoms with Gasteiger partial charge in [-0.25, -0.2) is 4.39 Å². The van der Waals surface area contributed by atoms with Crippen molar-refractivity contribution in [3.8, 4) is 16.9 Å². The van der Waals surface area contributed by atoms with Crippen LogP contribution in [0.4, 0.5) is 17.6 Å². The molecule has 26 heavy (non-hydrogen) atoms. The summed E-state index contributed by atoms with van der Waals surface area (Å²) >= 11 is 0. The van der Waals surface area contributed by atoms with E-state index in [0.29, 0.717) is 5.56 Å². The average Bonchev–Trinajstić information content (AvgIpc) is 2.63. The highest BCUT2D eigenvalue weighted by molar-refractivity contribution is 5.65. The lowest BCUT2D eigenvalue weighted by atomic mass is 9.77. The van der Waals surface area contributed by atoms with Crippen molar-refractivity contribution in [2.24, 2.45) is 5.92 Å². The van der Waals surface area contributed by atoms with Gasteiger partial charge in [0.1, 0.15) is 0 Å². The van der Waals surface area contributed by atoms with Gasteiger partial charge in [0.2, 0.25) is 0 Å². The Kier molecular flexibility index (Phi) is 5.54. The van der Waals surface area contributed by atoms with Crippen LogP contribution < -0.4 is 4.74 Å². The third-order valence-corrected chi connectivity index (χ3v) is 5.07. The molecule has 1 aliphatic carbocycles. The number of alkyl halides is 3. The molecule has 0 saturated heterocycles. The quantitative estimate of drug-likeness (QED) is 0.535. The van der Waals surface area contributed by atoms with Gasteiger partial charge in [-0.15, -0.1) is 13.2 Å². The predicted molar refractivity (Wildman–Crippen MR) is 93.1 cm³/mol. The Morgan fingerprint density at radius 1 is 0.923 bits per heavy atom. The molecule has 0 N–H and O–H groups in total. The van der Waals surface area contributed by atoms with Crippen molar-refractivity contribution < 1.29 is 22.3 Å². The number of hydrogen-bond donors (Lipinski definition) is 0. The Morgan fingerprint density at radius 3 is 2.04 bits per heavy atom. The summed E-state index contributed by atoms with van der Waals surface area (Å²) in [6.45, 7) is 2.23. The molecule has 0 unspecified atom stereocenters. The van der Waals surface area contributed by atoms with Gasteiger partial charge in [-0.2, -0.15) is 0 Å². The van der Waals surface area contributed by atoms with Gasteiger partial charge in [0, 0.05) is 5.92 Å². The van der Waals surface area contributed by atoms with Gasteiger partial charge in [-0.1, -0.05) is 43.7 Å². The molecule has 2 aromatic carbocycles. The minimum Gasteiger partial charge on any atom is -0.403 e. The highest BCUT2D eigenvalue weighted by Crippen LogP contribution is 2.37. The van der Waals surface area contributed by atoms with Gasteiger partial charge in [-0.05, 0) is 60.4 Å². The van der Waals surface area contributed by atoms with Gasteiger partial charge in [-0.3, -0.25) is 0 Å². The molecule has 0 heterocycles. The van der Waals surface area contributed by atoms with E-state index in [1.807, 2.05) is 24.3 Å². The Bertz CT molecular complexity index is 729. The van der Waals surface area contributed by atoms with Gasteiger partial charge >= 0.3 is 6.36 Å². The van der Waals surface area contributed by atoms with Gasteiger partial charge < -0.3 is 4.74 Å². The smallest absolute Gasteiger partial charge is 0.403 e. The van der Waals surface area contributed by atoms with E-state index >= 15 is 0 Å². The lowest BCUT2D eigenvalue weighted by Crippen LogP contribution is -2.17. The van der Waals surface area contributed by atoms with Crippen molar-refractivity contribution in [1.29, 1.82) is 0 Å². The molecule has 1 nitrogen and oxygen atoms in total. The summed E-state index contributed by atoms with van der Waals surface area (Å²) in [5.74, 6) is 0.414. The molecule has 0 bridgehead atoms. The summed E-state index contributed by atoms with van der Waals surface area (Å²) in [4.78, 5) is 0. The van der Waals surface area contributed by atoms with Crippen LogP contribution in [0.1, 0.15) is 44.6 Å². The molecule has 0 aliphatic heterocycles. The number of hydrogen-bond acceptors (Lipinski definition) is 1. The van der Waals surface area contributed by atoms with E-state index in [4.69, 9.17) is 0 Å². The molecule has 2 aromatic rings. The number of rotatable bonds is 4. The molecule has 0 atom stereocenters. The van der Waals surface area contributed by atoms with Crippen LogP contribution in [0.15, 0.2) is 42.5 Å². The minimum atomic E-state index is -4.90. The zero-order chi connectivity index (χ0) is 18.7. The van der Waals surface area contributed by atoms with E-state index < -0.39 is 17.9 Å². The largest absolute Gasteiger partial charge is 0.573 e. The second-order valence-electron chi connectivity index (χ2n) is 6.73. The molecule has 5 heteroatoms. The number of benzene rings is 2. The highest BCUT2D eigenvalue weighted by atomic mass is 19.4. The Hall–Kier alpha value is -2.04. The van der Waals surface area contributed by atoms with Crippen molar-refractivity contribution in [2.45, 2.75) is 45.4 Å². The molecule has 1 saturated carbocycles. The zero-order valence-electron chi connectivity index (χ0n) is 14.6. The van der Waals surface area contributed by atoms with E-state index in [-0.39, 0.29) is 0 Å². The van der Waals surface area contributed by atoms with Crippen LogP contribution in [-0.4, -0.2) is 6.36 Å². The zero-order valence-corrected chi connectivity index (χ0v) is 14.6. The van der Waals surface area contributed by atoms with E-state index in [9.17, 15) is 17.6 Å². The van der Waals surface area contributed by atoms with Crippen LogP contribution in [0, 0.1) is 17.7 Å². The fraction of sp³-hybridized carbons (Fsp3) is 0.381. The van der Waals surface area contributed by atoms with Crippen LogP contribution in [0.5, 0.6) is 5.75 Å². The fourth-order valence-electron chi connectivity index (χ4n) is 3.51. The van der Waals surface area contributed by atoms with E-state index in [1.165, 1.54) is 36.8 Å². The summed E-state index contributed by atoms with van der Waals surface area (Å²) in [6, 6.07) is 11.3. The molecule has 0 amide bonds. The first-order valence-electron chi connectivity index (χ1n) is 8.86. The summed E-state index contributed by atoms with van der Waals surface area (Å²) in [5, 5.41) is 0. The van der Waals surface area contributed by atoms with E-state index in [0.717, 1.165) is 36.5 Å². The normalized spacial score (nSPS) is 16.7. The van der Waals surface area contributed by atoms with Crippen molar-refractivity contribution >= 4 is 0 Å². The van der Waals surface area contributed by atoms with Gasteiger partial charge in [0.05, 0.1) is 0 Å². The molecule has 0 aromatic heterocycles. The Morgan fingerprint density at radius 2 is 1.50 bits per heavy atom. The van der Waals surface area contributed by atoms with Crippen molar-refractivity contribution in [1.82, 2.24) is 0 Å². The third kappa shape index (κ3) is 4.57. The molecule has 0 spiro atoms. The maximum atomic E-state index is 13.9. The molecule has 1 fully saturated rings. The van der Waals surface area contributed by atoms with Crippen molar-refractivity contribution in [2.75, 3.05) is 0 Å². The maximum absolute atomic E-state index is 13.9. The monoisotopic (exact) mass is 365 g/mol. The third-order valence-electron chi connectivity index (χ3n) is 5.07. The van der Waals surface area contributed by atoms with Crippen LogP contribution in [-0.2, 0) is 0 Å². The molecule has 139 valence electrons. The van der Waals surface area contributed by atoms with Crippen LogP contribution in [0.2, 0.25) is 0 Å². The molecule has 1 radical (unpaired) electrons. The summed E-state index contributed by atoms with van der Waals surface area (Å²) in [6.07, 6.45) is 0.981. The lowest BCUT2D eigenvalue weighted by molar-refractivity contribution is -0.275. The van der Waals surface area contributed by atoms with Crippen LogP contribution >= 0.6 is 0 Å². The topological polar surface area (TPSA) is 9.23 Å². The van der Waals surface area contributed by atoms with Crippen LogP contribution in [0.3, 0.4) is 0 Å². The molecular formula is C21H21F4O. The highest BCUT2D eigenvalue weighted by Gasteiger charge is 2.32. The SMILES string of the molecule is CCC1CC[C](c2ccc(-c3ccc(OC(F)(F)F)c(F)c3)cc2)CC1. The Balaban J connectivity index is 1.72. The maximum Gasteiger partial charge on any atom is 0.573 e. The van der Waals surface area contributed by atoms with E-state index in [2.05, 4.69) is 11.7 Å². The summed E-state index contributed by atoms with van der Waals surface area (Å²) < 4.78 is 54.2. The molecule has 1 aliphatic rings. The molecular weight excluding hydrogens is 344 g/mol. The van der Waals surface area contributed by atoms with Crippen molar-refractivity contribution in [3.63, 3.8) is 0 Å². The second kappa shape index (κ2) is 7.68. The lowest BCUT2D eigenvalue weighted by Gasteiger charge is -2.27.